The van der Waals surface area contributed by atoms with Gasteiger partial charge in [-0.25, -0.2) is 0 Å². The molecular formula is C13H19IO3. The summed E-state index contributed by atoms with van der Waals surface area (Å²) in [4.78, 5) is 0. The highest BCUT2D eigenvalue weighted by Gasteiger charge is 2.21. The lowest BCUT2D eigenvalue weighted by Gasteiger charge is -2.24. The molecule has 0 heterocycles. The number of rotatable bonds is 4. The van der Waals surface area contributed by atoms with Gasteiger partial charge in [0, 0.05) is 12.7 Å². The maximum atomic E-state index is 5.61. The molecule has 1 aromatic rings. The van der Waals surface area contributed by atoms with Gasteiger partial charge in [0.05, 0.1) is 10.7 Å². The highest BCUT2D eigenvalue weighted by atomic mass is 127. The molecule has 0 N–H and O–H groups in total. The fraction of sp³-hybridized carbons (Fsp3) is 0.538. The molecule has 1 rings (SSSR count). The maximum absolute atomic E-state index is 5.61. The van der Waals surface area contributed by atoms with Gasteiger partial charge >= 0.3 is 0 Å². The Balaban J connectivity index is 3.21. The van der Waals surface area contributed by atoms with Gasteiger partial charge in [-0.05, 0) is 40.1 Å². The number of ether oxygens (including phenoxy) is 3. The van der Waals surface area contributed by atoms with Gasteiger partial charge in [0.25, 0.3) is 0 Å². The molecule has 0 aliphatic carbocycles. The van der Waals surface area contributed by atoms with Crippen molar-refractivity contribution in [3.63, 3.8) is 0 Å². The van der Waals surface area contributed by atoms with Crippen molar-refractivity contribution in [1.82, 2.24) is 0 Å². The number of halogens is 1. The fourth-order valence-electron chi connectivity index (χ4n) is 1.52. The van der Waals surface area contributed by atoms with Crippen LogP contribution < -0.4 is 9.47 Å². The zero-order chi connectivity index (χ0) is 13.1. The minimum absolute atomic E-state index is 0.000689. The Morgan fingerprint density at radius 2 is 1.76 bits per heavy atom. The molecule has 0 fully saturated rings. The van der Waals surface area contributed by atoms with Gasteiger partial charge in [-0.2, -0.15) is 0 Å². The van der Waals surface area contributed by atoms with Gasteiger partial charge in [-0.3, -0.25) is 0 Å². The van der Waals surface area contributed by atoms with Crippen LogP contribution in [0.4, 0.5) is 0 Å². The first-order valence-electron chi connectivity index (χ1n) is 5.40. The third-order valence-electron chi connectivity index (χ3n) is 2.39. The van der Waals surface area contributed by atoms with Crippen LogP contribution in [-0.4, -0.2) is 21.0 Å². The van der Waals surface area contributed by atoms with E-state index in [9.17, 15) is 0 Å². The van der Waals surface area contributed by atoms with Crippen LogP contribution in [0.3, 0.4) is 0 Å². The Morgan fingerprint density at radius 3 is 2.24 bits per heavy atom. The van der Waals surface area contributed by atoms with Crippen molar-refractivity contribution < 1.29 is 14.2 Å². The Hall–Kier alpha value is -0.490. The summed E-state index contributed by atoms with van der Waals surface area (Å²) in [5, 5.41) is 0. The minimum atomic E-state index is 0.000689. The monoisotopic (exact) mass is 350 g/mol. The molecule has 0 saturated carbocycles. The fourth-order valence-corrected chi connectivity index (χ4v) is 2.18. The second kappa shape index (κ2) is 5.91. The van der Waals surface area contributed by atoms with Gasteiger partial charge in [-0.1, -0.05) is 20.8 Å². The zero-order valence-electron chi connectivity index (χ0n) is 11.0. The molecule has 0 aliphatic heterocycles. The minimum Gasteiger partial charge on any atom is -0.496 e. The normalized spacial score (nSPS) is 11.4. The van der Waals surface area contributed by atoms with Gasteiger partial charge < -0.3 is 14.2 Å². The molecule has 0 spiro atoms. The second-order valence-corrected chi connectivity index (χ2v) is 5.95. The van der Waals surface area contributed by atoms with Crippen molar-refractivity contribution in [2.75, 3.05) is 21.0 Å². The molecule has 0 bridgehead atoms. The van der Waals surface area contributed by atoms with Gasteiger partial charge in [0.2, 0.25) is 0 Å². The van der Waals surface area contributed by atoms with E-state index in [1.807, 2.05) is 12.1 Å². The smallest absolute Gasteiger partial charge is 0.188 e. The summed E-state index contributed by atoms with van der Waals surface area (Å²) < 4.78 is 16.9. The van der Waals surface area contributed by atoms with Gasteiger partial charge in [0.1, 0.15) is 11.5 Å². The van der Waals surface area contributed by atoms with E-state index in [0.29, 0.717) is 0 Å². The first kappa shape index (κ1) is 14.6. The summed E-state index contributed by atoms with van der Waals surface area (Å²) in [5.74, 6) is 1.73. The van der Waals surface area contributed by atoms with E-state index in [-0.39, 0.29) is 12.2 Å². The van der Waals surface area contributed by atoms with Crippen molar-refractivity contribution in [1.29, 1.82) is 0 Å². The summed E-state index contributed by atoms with van der Waals surface area (Å²) in [6.07, 6.45) is 0. The van der Waals surface area contributed by atoms with Crippen LogP contribution in [0.15, 0.2) is 12.1 Å². The summed E-state index contributed by atoms with van der Waals surface area (Å²) in [6.45, 7) is 6.70. The van der Waals surface area contributed by atoms with Crippen LogP contribution in [0.25, 0.3) is 0 Å². The number of benzene rings is 1. The van der Waals surface area contributed by atoms with Gasteiger partial charge in [0.15, 0.2) is 6.79 Å². The average molecular weight is 350 g/mol. The van der Waals surface area contributed by atoms with E-state index in [1.54, 1.807) is 14.2 Å². The van der Waals surface area contributed by atoms with E-state index in [0.717, 1.165) is 20.6 Å². The third-order valence-corrected chi connectivity index (χ3v) is 3.24. The van der Waals surface area contributed by atoms with Crippen LogP contribution in [0.1, 0.15) is 26.3 Å². The van der Waals surface area contributed by atoms with E-state index >= 15 is 0 Å². The first-order valence-corrected chi connectivity index (χ1v) is 6.47. The lowest BCUT2D eigenvalue weighted by Crippen LogP contribution is -2.15. The summed E-state index contributed by atoms with van der Waals surface area (Å²) in [6, 6.07) is 4.02. The molecule has 0 amide bonds. The molecule has 17 heavy (non-hydrogen) atoms. The van der Waals surface area contributed by atoms with Gasteiger partial charge in [-0.15, -0.1) is 0 Å². The van der Waals surface area contributed by atoms with Crippen LogP contribution in [0.5, 0.6) is 11.5 Å². The summed E-state index contributed by atoms with van der Waals surface area (Å²) >= 11 is 2.24. The molecular weight excluding hydrogens is 331 g/mol. The highest BCUT2D eigenvalue weighted by molar-refractivity contribution is 14.1. The Kier molecular flexibility index (Phi) is 5.06. The summed E-state index contributed by atoms with van der Waals surface area (Å²) in [5.41, 5.74) is 1.12. The quantitative estimate of drug-likeness (QED) is 0.614. The third kappa shape index (κ3) is 3.74. The maximum Gasteiger partial charge on any atom is 0.188 e. The van der Waals surface area contributed by atoms with Crippen molar-refractivity contribution in [3.05, 3.63) is 21.3 Å². The molecule has 0 aromatic heterocycles. The molecule has 1 aromatic carbocycles. The van der Waals surface area contributed by atoms with E-state index < -0.39 is 0 Å². The van der Waals surface area contributed by atoms with Crippen molar-refractivity contribution in [2.24, 2.45) is 0 Å². The van der Waals surface area contributed by atoms with Crippen molar-refractivity contribution in [2.45, 2.75) is 26.2 Å². The molecule has 0 atom stereocenters. The van der Waals surface area contributed by atoms with Crippen LogP contribution in [0.2, 0.25) is 0 Å². The van der Waals surface area contributed by atoms with E-state index in [1.165, 1.54) is 0 Å². The Labute approximate surface area is 117 Å². The number of hydrogen-bond donors (Lipinski definition) is 0. The zero-order valence-corrected chi connectivity index (χ0v) is 13.1. The molecule has 0 radical (unpaired) electrons. The Bertz CT molecular complexity index is 383. The molecule has 0 unspecified atom stereocenters. The standard InChI is InChI=1S/C13H19IO3/c1-13(2,3)9-6-12(16-5)10(14)7-11(9)17-8-15-4/h6-7H,8H2,1-5H3. The van der Waals surface area contributed by atoms with E-state index in [4.69, 9.17) is 14.2 Å². The van der Waals surface area contributed by atoms with Crippen LogP contribution in [0, 0.1) is 3.57 Å². The molecule has 0 aliphatic rings. The lowest BCUT2D eigenvalue weighted by molar-refractivity contribution is 0.0497. The average Bonchev–Trinajstić information content (AvgIpc) is 2.24. The second-order valence-electron chi connectivity index (χ2n) is 4.78. The predicted octanol–water partition coefficient (Wildman–Crippen LogP) is 3.58. The number of hydrogen-bond acceptors (Lipinski definition) is 3. The predicted molar refractivity (Wildman–Crippen MR) is 76.9 cm³/mol. The SMILES string of the molecule is COCOc1cc(I)c(OC)cc1C(C)(C)C. The summed E-state index contributed by atoms with van der Waals surface area (Å²) in [7, 11) is 3.30. The topological polar surface area (TPSA) is 27.7 Å². The highest BCUT2D eigenvalue weighted by Crippen LogP contribution is 2.37. The molecule has 4 heteroatoms. The van der Waals surface area contributed by atoms with Crippen LogP contribution in [-0.2, 0) is 10.2 Å². The molecule has 3 nitrogen and oxygen atoms in total. The van der Waals surface area contributed by atoms with Crippen molar-refractivity contribution >= 4 is 22.6 Å². The van der Waals surface area contributed by atoms with Crippen LogP contribution >= 0.6 is 22.6 Å². The van der Waals surface area contributed by atoms with Crippen molar-refractivity contribution in [3.8, 4) is 11.5 Å². The first-order chi connectivity index (χ1) is 7.90. The largest absolute Gasteiger partial charge is 0.496 e. The molecule has 0 saturated heterocycles. The Morgan fingerprint density at radius 1 is 1.12 bits per heavy atom. The lowest BCUT2D eigenvalue weighted by atomic mass is 9.86. The molecule has 96 valence electrons. The van der Waals surface area contributed by atoms with E-state index in [2.05, 4.69) is 43.4 Å². The number of methoxy groups -OCH3 is 2.